The van der Waals surface area contributed by atoms with Gasteiger partial charge in [-0.2, -0.15) is 0 Å². The second-order valence-electron chi connectivity index (χ2n) is 17.2. The van der Waals surface area contributed by atoms with Gasteiger partial charge in [0.25, 0.3) is 0 Å². The Balaban J connectivity index is 0.000000170. The molecule has 1 aliphatic heterocycles. The third-order valence-corrected chi connectivity index (χ3v) is 14.3. The highest BCUT2D eigenvalue weighted by molar-refractivity contribution is 5.93. The van der Waals surface area contributed by atoms with Crippen molar-refractivity contribution >= 4 is 11.5 Å². The van der Waals surface area contributed by atoms with Crippen LogP contribution in [0.2, 0.25) is 0 Å². The van der Waals surface area contributed by atoms with E-state index in [4.69, 9.17) is 0 Å². The van der Waals surface area contributed by atoms with Crippen molar-refractivity contribution in [3.05, 3.63) is 99.6 Å². The number of phenolic OH excluding ortho intramolecular Hbond substituents is 2. The van der Waals surface area contributed by atoms with Gasteiger partial charge in [0.15, 0.2) is 17.3 Å². The molecule has 6 aliphatic rings. The van der Waals surface area contributed by atoms with Gasteiger partial charge in [-0.05, 0) is 146 Å². The number of allylic oxidation sites excluding steroid dienone is 4. The van der Waals surface area contributed by atoms with Crippen molar-refractivity contribution in [1.29, 1.82) is 0 Å². The average molecular weight is 717 g/mol. The summed E-state index contributed by atoms with van der Waals surface area (Å²) in [4.78, 5) is 16.7. The lowest BCUT2D eigenvalue weighted by atomic mass is 9.51. The number of hydrogen-bond acceptors (Lipinski definition) is 7. The zero-order valence-electron chi connectivity index (χ0n) is 31.9. The van der Waals surface area contributed by atoms with Gasteiger partial charge in [0.2, 0.25) is 0 Å². The molecule has 53 heavy (non-hydrogen) atoms. The highest BCUT2D eigenvalue weighted by Crippen LogP contribution is 2.67. The molecule has 0 amide bonds. The first-order valence-corrected chi connectivity index (χ1v) is 19.9. The van der Waals surface area contributed by atoms with E-state index in [0.29, 0.717) is 37.1 Å². The Labute approximate surface area is 314 Å². The average Bonchev–Trinajstić information content (AvgIpc) is 3.42. The minimum atomic E-state index is -0.711. The Morgan fingerprint density at radius 1 is 0.943 bits per heavy atom. The molecule has 3 aromatic rings. The molecule has 7 nitrogen and oxygen atoms in total. The quantitative estimate of drug-likeness (QED) is 0.199. The number of anilines is 1. The minimum absolute atomic E-state index is 0.0163. The van der Waals surface area contributed by atoms with Crippen LogP contribution < -0.4 is 4.90 Å². The van der Waals surface area contributed by atoms with Crippen LogP contribution in [0, 0.1) is 17.3 Å². The van der Waals surface area contributed by atoms with Crippen LogP contribution in [0.5, 0.6) is 11.5 Å². The zero-order valence-corrected chi connectivity index (χ0v) is 31.9. The summed E-state index contributed by atoms with van der Waals surface area (Å²) in [6, 6.07) is 19.2. The molecular weight excluding hydrogens is 661 g/mol. The molecule has 0 unspecified atom stereocenters. The summed E-state index contributed by atoms with van der Waals surface area (Å²) < 4.78 is 0. The first-order valence-electron chi connectivity index (χ1n) is 19.9. The molecule has 6 atom stereocenters. The van der Waals surface area contributed by atoms with E-state index in [2.05, 4.69) is 80.3 Å². The summed E-state index contributed by atoms with van der Waals surface area (Å²) in [7, 11) is 6.30. The van der Waals surface area contributed by atoms with E-state index in [0.717, 1.165) is 74.6 Å². The molecule has 4 N–H and O–H groups in total. The molecule has 280 valence electrons. The van der Waals surface area contributed by atoms with Gasteiger partial charge in [-0.3, -0.25) is 9.69 Å². The second kappa shape index (κ2) is 13.7. The highest BCUT2D eigenvalue weighted by Gasteiger charge is 2.62. The lowest BCUT2D eigenvalue weighted by Crippen LogP contribution is -2.51. The van der Waals surface area contributed by atoms with E-state index in [9.17, 15) is 25.2 Å². The van der Waals surface area contributed by atoms with Crippen LogP contribution in [0.1, 0.15) is 98.9 Å². The number of carbonyl (C=O) groups excluding carboxylic acids is 1. The van der Waals surface area contributed by atoms with Crippen LogP contribution >= 0.6 is 0 Å². The molecule has 0 radical (unpaired) electrons. The number of phenols is 2. The molecule has 7 heteroatoms. The van der Waals surface area contributed by atoms with Gasteiger partial charge in [0.05, 0.1) is 5.60 Å². The topological polar surface area (TPSA) is 104 Å². The number of nitrogens with zero attached hydrogens (tertiary/aromatic N) is 2. The fraction of sp³-hybridized carbons (Fsp3) is 0.500. The van der Waals surface area contributed by atoms with Gasteiger partial charge in [-0.25, -0.2) is 0 Å². The molecule has 5 aliphatic carbocycles. The first-order chi connectivity index (χ1) is 25.4. The van der Waals surface area contributed by atoms with Crippen molar-refractivity contribution in [2.45, 2.75) is 95.1 Å². The van der Waals surface area contributed by atoms with Gasteiger partial charge < -0.3 is 25.3 Å². The molecule has 0 aromatic heterocycles. The predicted octanol–water partition coefficient (Wildman–Crippen LogP) is 8.01. The van der Waals surface area contributed by atoms with Crippen LogP contribution in [-0.4, -0.2) is 71.0 Å². The monoisotopic (exact) mass is 716 g/mol. The third kappa shape index (κ3) is 5.94. The van der Waals surface area contributed by atoms with Gasteiger partial charge in [0, 0.05) is 62.3 Å². The number of aliphatic hydroxyl groups is 2. The lowest BCUT2D eigenvalue weighted by molar-refractivity contribution is -0.114. The Morgan fingerprint density at radius 2 is 1.74 bits per heavy atom. The SMILES string of the molecule is CN(C)c1ccc([C@H]2C[C@]3(C)[C@@H](CC[C@]3(O)CCCO)[C@@H]3CCC4=CC(=O)CCC4=C32)cc1.CN1CCc2cccc3c2[C@H]1Cc1ccc(O)c(O)c1-3. The third-order valence-electron chi connectivity index (χ3n) is 14.3. The van der Waals surface area contributed by atoms with Crippen molar-refractivity contribution in [2.24, 2.45) is 17.3 Å². The molecule has 0 spiro atoms. The highest BCUT2D eigenvalue weighted by atomic mass is 16.3. The number of likely N-dealkylation sites (N-methyl/N-ethyl adjacent to an activating group) is 1. The van der Waals surface area contributed by atoms with E-state index in [1.807, 2.05) is 12.1 Å². The standard InChI is InChI=1S/C29H39NO3.C17H17NO2/c1-28-18-25(19-5-8-21(9-6-19)30(2)3)27-23-12-10-22(32)17-20(23)7-11-24(27)26(28)13-15-29(28,33)14-4-16-31;1-18-8-7-10-3-2-4-12-15(10)13(18)9-11-5-6-14(19)17(20)16(11)12/h5-6,8-9,17,24-26,31,33H,4,7,10-16,18H2,1-3H3;2-6,13,19-20H,7-9H2,1H3/t24-,25+,26-,28+,29+;13-/m01/s1. The van der Waals surface area contributed by atoms with E-state index in [1.54, 1.807) is 11.6 Å². The number of ketones is 1. The molecular formula is C46H56N2O5. The summed E-state index contributed by atoms with van der Waals surface area (Å²) in [5.74, 6) is 1.48. The maximum absolute atomic E-state index is 12.2. The molecule has 2 fully saturated rings. The van der Waals surface area contributed by atoms with Gasteiger partial charge in [-0.1, -0.05) is 48.9 Å². The van der Waals surface area contributed by atoms with Crippen molar-refractivity contribution in [3.8, 4) is 22.6 Å². The zero-order chi connectivity index (χ0) is 37.2. The maximum atomic E-state index is 12.2. The van der Waals surface area contributed by atoms with Gasteiger partial charge in [-0.15, -0.1) is 0 Å². The van der Waals surface area contributed by atoms with Gasteiger partial charge >= 0.3 is 0 Å². The number of carbonyl (C=O) groups is 1. The van der Waals surface area contributed by atoms with Gasteiger partial charge in [0.1, 0.15) is 0 Å². The van der Waals surface area contributed by atoms with Crippen molar-refractivity contribution in [3.63, 3.8) is 0 Å². The van der Waals surface area contributed by atoms with E-state index < -0.39 is 5.60 Å². The summed E-state index contributed by atoms with van der Waals surface area (Å²) in [5.41, 5.74) is 11.7. The van der Waals surface area contributed by atoms with E-state index in [1.165, 1.54) is 33.5 Å². The summed E-state index contributed by atoms with van der Waals surface area (Å²) in [6.07, 6.45) is 11.6. The van der Waals surface area contributed by atoms with Crippen LogP contribution in [0.25, 0.3) is 11.1 Å². The Morgan fingerprint density at radius 3 is 2.49 bits per heavy atom. The van der Waals surface area contributed by atoms with Crippen LogP contribution in [0.4, 0.5) is 5.69 Å². The van der Waals surface area contributed by atoms with Crippen LogP contribution in [0.3, 0.4) is 0 Å². The molecule has 1 heterocycles. The summed E-state index contributed by atoms with van der Waals surface area (Å²) in [6.45, 7) is 3.54. The number of aliphatic hydroxyl groups excluding tert-OH is 1. The van der Waals surface area contributed by atoms with Crippen LogP contribution in [-0.2, 0) is 17.6 Å². The van der Waals surface area contributed by atoms with Crippen molar-refractivity contribution < 1.29 is 25.2 Å². The molecule has 0 bridgehead atoms. The molecule has 3 aromatic carbocycles. The van der Waals surface area contributed by atoms with Crippen molar-refractivity contribution in [1.82, 2.24) is 4.90 Å². The molecule has 2 saturated carbocycles. The largest absolute Gasteiger partial charge is 0.504 e. The number of hydrogen-bond donors (Lipinski definition) is 4. The first kappa shape index (κ1) is 36.1. The second-order valence-corrected chi connectivity index (χ2v) is 17.2. The lowest BCUT2D eigenvalue weighted by Gasteiger charge is -2.55. The fourth-order valence-electron chi connectivity index (χ4n) is 11.5. The summed E-state index contributed by atoms with van der Waals surface area (Å²) in [5, 5.41) is 41.5. The van der Waals surface area contributed by atoms with E-state index in [-0.39, 0.29) is 35.2 Å². The minimum Gasteiger partial charge on any atom is -0.504 e. The Bertz CT molecular complexity index is 1980. The normalized spacial score (nSPS) is 29.8. The Hall–Kier alpha value is -3.91. The van der Waals surface area contributed by atoms with Crippen LogP contribution in [0.15, 0.2) is 77.4 Å². The number of rotatable bonds is 5. The number of fused-ring (bicyclic) bond motifs is 6. The smallest absolute Gasteiger partial charge is 0.165 e. The molecule has 0 saturated heterocycles. The van der Waals surface area contributed by atoms with Crippen molar-refractivity contribution in [2.75, 3.05) is 39.2 Å². The molecule has 9 rings (SSSR count). The Kier molecular flexibility index (Phi) is 9.36. The fourth-order valence-corrected chi connectivity index (χ4v) is 11.5. The number of aromatic hydroxyl groups is 2. The van der Waals surface area contributed by atoms with E-state index >= 15 is 0 Å². The predicted molar refractivity (Wildman–Crippen MR) is 210 cm³/mol. The summed E-state index contributed by atoms with van der Waals surface area (Å²) >= 11 is 0. The maximum Gasteiger partial charge on any atom is 0.165 e. The number of benzene rings is 3.